The van der Waals surface area contributed by atoms with Gasteiger partial charge < -0.3 is 9.13 Å². The van der Waals surface area contributed by atoms with Crippen molar-refractivity contribution in [3.8, 4) is 17.2 Å². The lowest BCUT2D eigenvalue weighted by atomic mass is 9.95. The second-order valence-corrected chi connectivity index (χ2v) is 15.1. The number of para-hydroxylation sites is 5. The van der Waals surface area contributed by atoms with Crippen LogP contribution in [0.15, 0.2) is 194 Å². The van der Waals surface area contributed by atoms with Gasteiger partial charge in [0.05, 0.1) is 44.3 Å². The fraction of sp³-hybridized carbons (Fsp3) is 0. The lowest BCUT2D eigenvalue weighted by Crippen LogP contribution is -2.01. The molecule has 13 aromatic rings. The lowest BCUT2D eigenvalue weighted by Gasteiger charge is -2.18. The molecule has 4 nitrogen and oxygen atoms in total. The van der Waals surface area contributed by atoms with Crippen molar-refractivity contribution < 1.29 is 0 Å². The lowest BCUT2D eigenvalue weighted by molar-refractivity contribution is 1.10. The molecule has 0 aliphatic heterocycles. The maximum Gasteiger partial charge on any atom is 0.138 e. The Kier molecular flexibility index (Phi) is 6.13. The first kappa shape index (κ1) is 30.6. The Labute approximate surface area is 326 Å². The summed E-state index contributed by atoms with van der Waals surface area (Å²) in [6.45, 7) is 0. The summed E-state index contributed by atoms with van der Waals surface area (Å²) < 4.78 is 7.31. The molecule has 4 heterocycles. The van der Waals surface area contributed by atoms with Crippen molar-refractivity contribution in [3.05, 3.63) is 194 Å². The molecule has 0 atom stereocenters. The molecule has 0 aliphatic carbocycles. The van der Waals surface area contributed by atoms with Gasteiger partial charge in [0.25, 0.3) is 0 Å². The van der Waals surface area contributed by atoms with Gasteiger partial charge in [0, 0.05) is 54.2 Å². The Morgan fingerprint density at radius 3 is 1.37 bits per heavy atom. The van der Waals surface area contributed by atoms with Crippen LogP contribution in [0.1, 0.15) is 0 Å². The van der Waals surface area contributed by atoms with Gasteiger partial charge in [-0.25, -0.2) is 4.98 Å². The van der Waals surface area contributed by atoms with Crippen LogP contribution in [0.5, 0.6) is 0 Å². The van der Waals surface area contributed by atoms with Crippen molar-refractivity contribution in [2.24, 2.45) is 0 Å². The van der Waals surface area contributed by atoms with Gasteiger partial charge in [0.15, 0.2) is 0 Å². The molecule has 13 rings (SSSR count). The first-order chi connectivity index (χ1) is 28.3. The van der Waals surface area contributed by atoms with Crippen LogP contribution in [0.25, 0.3) is 115 Å². The van der Waals surface area contributed by atoms with Crippen LogP contribution >= 0.6 is 0 Å². The number of aromatic nitrogens is 4. The number of rotatable bonds is 3. The van der Waals surface area contributed by atoms with Gasteiger partial charge >= 0.3 is 0 Å². The van der Waals surface area contributed by atoms with Gasteiger partial charge in [0.1, 0.15) is 5.82 Å². The molecule has 0 fully saturated rings. The van der Waals surface area contributed by atoms with E-state index in [2.05, 4.69) is 208 Å². The highest BCUT2D eigenvalue weighted by Gasteiger charge is 2.23. The van der Waals surface area contributed by atoms with E-state index in [-0.39, 0.29) is 0 Å². The number of benzene rings is 9. The molecule has 0 radical (unpaired) electrons. The SMILES string of the molecule is c1ccc(-n2c3ccccc3c3ccc4c5ccccc5n(-c5cccc6c7ccccc7c7nc(-n8c9ccccc9c9ccccc98)ccc7c56)c4c32)cc1. The third-order valence-electron chi connectivity index (χ3n) is 12.2. The normalized spacial score (nSPS) is 12.2. The summed E-state index contributed by atoms with van der Waals surface area (Å²) >= 11 is 0. The topological polar surface area (TPSA) is 27.7 Å². The number of nitrogens with zero attached hydrogens (tertiary/aromatic N) is 4. The highest BCUT2D eigenvalue weighted by molar-refractivity contribution is 6.29. The summed E-state index contributed by atoms with van der Waals surface area (Å²) in [4.78, 5) is 5.63. The average molecular weight is 725 g/mol. The van der Waals surface area contributed by atoms with E-state index in [0.29, 0.717) is 0 Å². The van der Waals surface area contributed by atoms with Crippen molar-refractivity contribution in [3.63, 3.8) is 0 Å². The summed E-state index contributed by atoms with van der Waals surface area (Å²) in [6.07, 6.45) is 0. The maximum absolute atomic E-state index is 5.63. The molecular formula is C53H32N4. The molecule has 9 aromatic carbocycles. The molecule has 0 aliphatic rings. The Bertz CT molecular complexity index is 3750. The summed E-state index contributed by atoms with van der Waals surface area (Å²) in [5.41, 5.74) is 10.3. The fourth-order valence-corrected chi connectivity index (χ4v) is 9.90. The van der Waals surface area contributed by atoms with Gasteiger partial charge in [-0.2, -0.15) is 0 Å². The zero-order valence-corrected chi connectivity index (χ0v) is 30.8. The van der Waals surface area contributed by atoms with Crippen LogP contribution in [0.3, 0.4) is 0 Å². The summed E-state index contributed by atoms with van der Waals surface area (Å²) in [6, 6.07) is 70.6. The number of hydrogen-bond acceptors (Lipinski definition) is 1. The summed E-state index contributed by atoms with van der Waals surface area (Å²) in [5, 5.41) is 13.3. The minimum absolute atomic E-state index is 0.910. The number of hydrogen-bond donors (Lipinski definition) is 0. The van der Waals surface area contributed by atoms with Gasteiger partial charge in [-0.3, -0.25) is 4.57 Å². The van der Waals surface area contributed by atoms with Gasteiger partial charge in [0.2, 0.25) is 0 Å². The third-order valence-corrected chi connectivity index (χ3v) is 12.2. The first-order valence-corrected chi connectivity index (χ1v) is 19.6. The predicted octanol–water partition coefficient (Wildman–Crippen LogP) is 13.8. The van der Waals surface area contributed by atoms with E-state index >= 15 is 0 Å². The van der Waals surface area contributed by atoms with Crippen LogP contribution in [0.4, 0.5) is 0 Å². The van der Waals surface area contributed by atoms with Crippen LogP contribution in [-0.2, 0) is 0 Å². The van der Waals surface area contributed by atoms with E-state index in [1.54, 1.807) is 0 Å². The maximum atomic E-state index is 5.63. The van der Waals surface area contributed by atoms with Crippen molar-refractivity contribution in [1.29, 1.82) is 0 Å². The molecule has 0 spiro atoms. The summed E-state index contributed by atoms with van der Waals surface area (Å²) in [5.74, 6) is 0.910. The van der Waals surface area contributed by atoms with Gasteiger partial charge in [-0.15, -0.1) is 0 Å². The molecule has 0 N–H and O–H groups in total. The van der Waals surface area contributed by atoms with Crippen LogP contribution < -0.4 is 0 Å². The van der Waals surface area contributed by atoms with E-state index in [9.17, 15) is 0 Å². The van der Waals surface area contributed by atoms with Crippen LogP contribution in [0.2, 0.25) is 0 Å². The van der Waals surface area contributed by atoms with Crippen LogP contribution in [0, 0.1) is 0 Å². The van der Waals surface area contributed by atoms with E-state index < -0.39 is 0 Å². The summed E-state index contributed by atoms with van der Waals surface area (Å²) in [7, 11) is 0. The molecule has 0 saturated heterocycles. The number of pyridine rings is 1. The monoisotopic (exact) mass is 724 g/mol. The molecule has 264 valence electrons. The second-order valence-electron chi connectivity index (χ2n) is 15.1. The molecule has 0 unspecified atom stereocenters. The highest BCUT2D eigenvalue weighted by Crippen LogP contribution is 2.45. The fourth-order valence-electron chi connectivity index (χ4n) is 9.90. The molecular weight excluding hydrogens is 693 g/mol. The molecule has 0 amide bonds. The second kappa shape index (κ2) is 11.4. The van der Waals surface area contributed by atoms with E-state index in [1.165, 1.54) is 70.5 Å². The Balaban J connectivity index is 1.21. The van der Waals surface area contributed by atoms with Gasteiger partial charge in [-0.05, 0) is 65.4 Å². The predicted molar refractivity (Wildman–Crippen MR) is 240 cm³/mol. The third kappa shape index (κ3) is 4.08. The quantitative estimate of drug-likeness (QED) is 0.167. The standard InChI is InChI=1S/C53H32N4/c1-2-15-33(16-3-1)55-44-24-10-8-20-37(44)41-29-30-42-38-21-9-13-27-47(38)57(53(42)52(41)55)48-28-14-23-39-34-17-4-5-22-40(34)51-43(50(39)48)31-32-49(54-51)56-45-25-11-6-18-35(45)36-19-7-12-26-46(36)56/h1-32H. The van der Waals surface area contributed by atoms with Gasteiger partial charge in [-0.1, -0.05) is 140 Å². The zero-order valence-electron chi connectivity index (χ0n) is 30.8. The molecule has 0 bridgehead atoms. The molecule has 57 heavy (non-hydrogen) atoms. The Hall–Kier alpha value is -7.69. The minimum atomic E-state index is 0.910. The Morgan fingerprint density at radius 1 is 0.281 bits per heavy atom. The van der Waals surface area contributed by atoms with Crippen molar-refractivity contribution in [2.75, 3.05) is 0 Å². The van der Waals surface area contributed by atoms with Crippen molar-refractivity contribution >= 4 is 97.9 Å². The average Bonchev–Trinajstić information content (AvgIpc) is 3.92. The van der Waals surface area contributed by atoms with E-state index in [1.807, 2.05) is 0 Å². The molecule has 0 saturated carbocycles. The molecule has 4 heteroatoms. The highest BCUT2D eigenvalue weighted by atomic mass is 15.1. The smallest absolute Gasteiger partial charge is 0.138 e. The van der Waals surface area contributed by atoms with E-state index in [0.717, 1.165) is 44.5 Å². The van der Waals surface area contributed by atoms with E-state index in [4.69, 9.17) is 4.98 Å². The van der Waals surface area contributed by atoms with Crippen molar-refractivity contribution in [1.82, 2.24) is 18.7 Å². The van der Waals surface area contributed by atoms with Crippen LogP contribution in [-0.4, -0.2) is 18.7 Å². The first-order valence-electron chi connectivity index (χ1n) is 19.6. The number of fused-ring (bicyclic) bond motifs is 16. The minimum Gasteiger partial charge on any atom is -0.307 e. The zero-order chi connectivity index (χ0) is 37.2. The van der Waals surface area contributed by atoms with Crippen molar-refractivity contribution in [2.45, 2.75) is 0 Å². The largest absolute Gasteiger partial charge is 0.307 e. The molecule has 4 aromatic heterocycles. The Morgan fingerprint density at radius 2 is 0.737 bits per heavy atom.